The Labute approximate surface area is 149 Å². The molecule has 0 bridgehead atoms. The number of rotatable bonds is 3. The molecule has 1 N–H and O–H groups in total. The van der Waals surface area contributed by atoms with Crippen LogP contribution in [0.25, 0.3) is 0 Å². The minimum atomic E-state index is 0.206. The van der Waals surface area contributed by atoms with Gasteiger partial charge in [-0.2, -0.15) is 0 Å². The van der Waals surface area contributed by atoms with E-state index in [1.807, 2.05) is 6.07 Å². The molecule has 1 amide bonds. The first-order chi connectivity index (χ1) is 12.3. The van der Waals surface area contributed by atoms with E-state index < -0.39 is 0 Å². The largest absolute Gasteiger partial charge is 0.486 e. The van der Waals surface area contributed by atoms with Crippen LogP contribution >= 0.6 is 0 Å². The van der Waals surface area contributed by atoms with Crippen molar-refractivity contribution in [3.63, 3.8) is 0 Å². The maximum absolute atomic E-state index is 11.5. The number of amides is 1. The lowest BCUT2D eigenvalue weighted by atomic mass is 10.1. The summed E-state index contributed by atoms with van der Waals surface area (Å²) >= 11 is 0. The molecule has 2 fully saturated rings. The zero-order valence-electron chi connectivity index (χ0n) is 14.7. The average Bonchev–Trinajstić information content (AvgIpc) is 2.87. The van der Waals surface area contributed by atoms with Crippen molar-refractivity contribution in [3.8, 4) is 11.5 Å². The molecule has 0 saturated carbocycles. The SMILES string of the molecule is O=C1CC[C@@H](N2CCN(Cc3cccc4c3OCCO4)CC2)CCN1. The molecule has 3 heterocycles. The zero-order chi connectivity index (χ0) is 17.1. The van der Waals surface area contributed by atoms with E-state index in [2.05, 4.69) is 27.2 Å². The number of benzene rings is 1. The number of hydrogen-bond acceptors (Lipinski definition) is 5. The molecule has 136 valence electrons. The first-order valence-electron chi connectivity index (χ1n) is 9.40. The van der Waals surface area contributed by atoms with Crippen LogP contribution in [0.5, 0.6) is 11.5 Å². The van der Waals surface area contributed by atoms with Gasteiger partial charge in [0.25, 0.3) is 0 Å². The standard InChI is InChI=1S/C19H27N3O3/c23-18-5-4-16(6-7-20-18)22-10-8-21(9-11-22)14-15-2-1-3-17-19(15)25-13-12-24-17/h1-3,16H,4-14H2,(H,20,23)/t16-/m1/s1. The van der Waals surface area contributed by atoms with E-state index in [0.717, 1.165) is 63.6 Å². The maximum Gasteiger partial charge on any atom is 0.220 e. The highest BCUT2D eigenvalue weighted by molar-refractivity contribution is 5.76. The molecule has 25 heavy (non-hydrogen) atoms. The van der Waals surface area contributed by atoms with Gasteiger partial charge in [0.2, 0.25) is 5.91 Å². The second kappa shape index (κ2) is 7.62. The molecule has 6 heteroatoms. The van der Waals surface area contributed by atoms with Crippen molar-refractivity contribution in [1.82, 2.24) is 15.1 Å². The summed E-state index contributed by atoms with van der Waals surface area (Å²) in [5.41, 5.74) is 1.22. The highest BCUT2D eigenvalue weighted by Crippen LogP contribution is 2.34. The molecular formula is C19H27N3O3. The van der Waals surface area contributed by atoms with Gasteiger partial charge in [-0.05, 0) is 18.9 Å². The molecule has 0 unspecified atom stereocenters. The van der Waals surface area contributed by atoms with Gasteiger partial charge in [-0.1, -0.05) is 12.1 Å². The summed E-state index contributed by atoms with van der Waals surface area (Å²) in [4.78, 5) is 16.6. The summed E-state index contributed by atoms with van der Waals surface area (Å²) in [6.45, 7) is 7.25. The smallest absolute Gasteiger partial charge is 0.220 e. The number of carbonyl (C=O) groups excluding carboxylic acids is 1. The van der Waals surface area contributed by atoms with Crippen molar-refractivity contribution in [1.29, 1.82) is 0 Å². The number of fused-ring (bicyclic) bond motifs is 1. The van der Waals surface area contributed by atoms with Crippen LogP contribution in [0.3, 0.4) is 0 Å². The molecule has 6 nitrogen and oxygen atoms in total. The van der Waals surface area contributed by atoms with Crippen LogP contribution in [0.4, 0.5) is 0 Å². The van der Waals surface area contributed by atoms with Crippen molar-refractivity contribution in [2.24, 2.45) is 0 Å². The third-order valence-electron chi connectivity index (χ3n) is 5.47. The summed E-state index contributed by atoms with van der Waals surface area (Å²) in [6.07, 6.45) is 2.73. The Morgan fingerprint density at radius 1 is 1.08 bits per heavy atom. The van der Waals surface area contributed by atoms with E-state index >= 15 is 0 Å². The van der Waals surface area contributed by atoms with Crippen molar-refractivity contribution in [3.05, 3.63) is 23.8 Å². The first-order valence-corrected chi connectivity index (χ1v) is 9.40. The second-order valence-corrected chi connectivity index (χ2v) is 7.08. The predicted octanol–water partition coefficient (Wildman–Crippen LogP) is 1.24. The molecule has 0 aliphatic carbocycles. The summed E-state index contributed by atoms with van der Waals surface area (Å²) in [7, 11) is 0. The molecule has 2 saturated heterocycles. The number of nitrogens with one attached hydrogen (secondary N) is 1. The van der Waals surface area contributed by atoms with Gasteiger partial charge in [-0.15, -0.1) is 0 Å². The van der Waals surface area contributed by atoms with E-state index in [1.54, 1.807) is 0 Å². The summed E-state index contributed by atoms with van der Waals surface area (Å²) < 4.78 is 11.5. The lowest BCUT2D eigenvalue weighted by Crippen LogP contribution is -2.50. The van der Waals surface area contributed by atoms with Gasteiger partial charge < -0.3 is 14.8 Å². The summed E-state index contributed by atoms with van der Waals surface area (Å²) in [5, 5.41) is 2.98. The van der Waals surface area contributed by atoms with Gasteiger partial charge in [0.05, 0.1) is 0 Å². The molecule has 4 rings (SSSR count). The third-order valence-corrected chi connectivity index (χ3v) is 5.47. The van der Waals surface area contributed by atoms with Crippen LogP contribution in [-0.2, 0) is 11.3 Å². The summed E-state index contributed by atoms with van der Waals surface area (Å²) in [5.74, 6) is 2.00. The Balaban J connectivity index is 1.33. The minimum Gasteiger partial charge on any atom is -0.486 e. The van der Waals surface area contributed by atoms with Gasteiger partial charge in [-0.3, -0.25) is 14.6 Å². The summed E-state index contributed by atoms with van der Waals surface area (Å²) in [6, 6.07) is 6.72. The zero-order valence-corrected chi connectivity index (χ0v) is 14.7. The molecule has 3 aliphatic rings. The molecular weight excluding hydrogens is 318 g/mol. The third kappa shape index (κ3) is 3.90. The van der Waals surface area contributed by atoms with E-state index in [1.165, 1.54) is 5.56 Å². The maximum atomic E-state index is 11.5. The Bertz CT molecular complexity index is 614. The van der Waals surface area contributed by atoms with Gasteiger partial charge in [-0.25, -0.2) is 0 Å². The first kappa shape index (κ1) is 16.7. The van der Waals surface area contributed by atoms with Gasteiger partial charge in [0, 0.05) is 57.3 Å². The minimum absolute atomic E-state index is 0.206. The molecule has 0 spiro atoms. The van der Waals surface area contributed by atoms with Gasteiger partial charge >= 0.3 is 0 Å². The lowest BCUT2D eigenvalue weighted by Gasteiger charge is -2.39. The lowest BCUT2D eigenvalue weighted by molar-refractivity contribution is -0.120. The quantitative estimate of drug-likeness (QED) is 0.893. The number of para-hydroxylation sites is 1. The van der Waals surface area contributed by atoms with Crippen LogP contribution < -0.4 is 14.8 Å². The van der Waals surface area contributed by atoms with Gasteiger partial charge in [0.15, 0.2) is 11.5 Å². The fourth-order valence-electron chi connectivity index (χ4n) is 4.06. The number of nitrogens with zero attached hydrogens (tertiary/aromatic N) is 2. The Morgan fingerprint density at radius 2 is 1.92 bits per heavy atom. The molecule has 1 atom stereocenters. The molecule has 0 aromatic heterocycles. The van der Waals surface area contributed by atoms with Crippen LogP contribution in [0, 0.1) is 0 Å². The number of carbonyl (C=O) groups is 1. The van der Waals surface area contributed by atoms with Crippen LogP contribution in [0.1, 0.15) is 24.8 Å². The van der Waals surface area contributed by atoms with Gasteiger partial charge in [0.1, 0.15) is 13.2 Å². The fourth-order valence-corrected chi connectivity index (χ4v) is 4.06. The highest BCUT2D eigenvalue weighted by Gasteiger charge is 2.26. The molecule has 1 aromatic rings. The number of hydrogen-bond donors (Lipinski definition) is 1. The molecule has 1 aromatic carbocycles. The van der Waals surface area contributed by atoms with Crippen molar-refractivity contribution < 1.29 is 14.3 Å². The molecule has 3 aliphatic heterocycles. The highest BCUT2D eigenvalue weighted by atomic mass is 16.6. The van der Waals surface area contributed by atoms with Crippen molar-refractivity contribution in [2.75, 3.05) is 45.9 Å². The molecule has 0 radical (unpaired) electrons. The monoisotopic (exact) mass is 345 g/mol. The Hall–Kier alpha value is -1.79. The van der Waals surface area contributed by atoms with Crippen LogP contribution in [-0.4, -0.2) is 67.7 Å². The number of piperazine rings is 1. The van der Waals surface area contributed by atoms with E-state index in [-0.39, 0.29) is 5.91 Å². The van der Waals surface area contributed by atoms with E-state index in [4.69, 9.17) is 9.47 Å². The van der Waals surface area contributed by atoms with E-state index in [0.29, 0.717) is 25.7 Å². The van der Waals surface area contributed by atoms with Crippen LogP contribution in [0.2, 0.25) is 0 Å². The van der Waals surface area contributed by atoms with Crippen molar-refractivity contribution >= 4 is 5.91 Å². The topological polar surface area (TPSA) is 54.0 Å². The Kier molecular flexibility index (Phi) is 5.08. The normalized spacial score (nSPS) is 25.3. The van der Waals surface area contributed by atoms with Crippen molar-refractivity contribution in [2.45, 2.75) is 31.8 Å². The van der Waals surface area contributed by atoms with E-state index in [9.17, 15) is 4.79 Å². The fraction of sp³-hybridized carbons (Fsp3) is 0.632. The Morgan fingerprint density at radius 3 is 2.80 bits per heavy atom. The van der Waals surface area contributed by atoms with Crippen LogP contribution in [0.15, 0.2) is 18.2 Å². The second-order valence-electron chi connectivity index (χ2n) is 7.08. The average molecular weight is 345 g/mol. The number of ether oxygens (including phenoxy) is 2. The predicted molar refractivity (Wildman–Crippen MR) is 94.9 cm³/mol.